The van der Waals surface area contributed by atoms with E-state index >= 15 is 0 Å². The lowest BCUT2D eigenvalue weighted by Gasteiger charge is -2.26. The normalized spacial score (nSPS) is 12.7. The van der Waals surface area contributed by atoms with Crippen LogP contribution in [0.3, 0.4) is 0 Å². The molecular weight excluding hydrogens is 715 g/mol. The largest absolute Gasteiger partial charge is 0.455 e. The van der Waals surface area contributed by atoms with E-state index in [0.29, 0.717) is 0 Å². The number of hydrogen-bond donors (Lipinski definition) is 0. The standard InChI is InChI=1S/C57H41NO/c1-57(2)52-32-31-41(35-51(52)55-50(39-19-8-4-9-20-39)36-43(37-53(55)57)38-17-6-3-7-18-38)40-21-14-25-45(33-40)58(44-23-10-5-11-24-44)46-26-15-22-42(34-46)47-28-16-29-49-48-27-12-13-30-54(48)59-56(47)49/h3-37H,1-2H3. The summed E-state index contributed by atoms with van der Waals surface area (Å²) in [5, 5.41) is 2.26. The van der Waals surface area contributed by atoms with Crippen molar-refractivity contribution in [2.75, 3.05) is 4.90 Å². The first-order valence-corrected chi connectivity index (χ1v) is 20.4. The van der Waals surface area contributed by atoms with Gasteiger partial charge in [0.25, 0.3) is 0 Å². The average Bonchev–Trinajstić information content (AvgIpc) is 3.79. The van der Waals surface area contributed by atoms with Gasteiger partial charge in [0.1, 0.15) is 11.2 Å². The molecule has 1 aliphatic carbocycles. The zero-order chi connectivity index (χ0) is 39.5. The molecule has 0 amide bonds. The summed E-state index contributed by atoms with van der Waals surface area (Å²) >= 11 is 0. The van der Waals surface area contributed by atoms with E-state index < -0.39 is 0 Å². The van der Waals surface area contributed by atoms with Gasteiger partial charge in [0.15, 0.2) is 0 Å². The molecule has 280 valence electrons. The molecule has 0 unspecified atom stereocenters. The molecule has 0 saturated carbocycles. The maximum absolute atomic E-state index is 6.48. The van der Waals surface area contributed by atoms with Crippen LogP contribution in [0.1, 0.15) is 25.0 Å². The molecule has 10 aromatic rings. The minimum atomic E-state index is -0.165. The summed E-state index contributed by atoms with van der Waals surface area (Å²) in [6.45, 7) is 4.75. The molecule has 0 aliphatic heterocycles. The molecule has 0 radical (unpaired) electrons. The Morgan fingerprint density at radius 3 is 1.68 bits per heavy atom. The lowest BCUT2D eigenvalue weighted by Crippen LogP contribution is -2.15. The van der Waals surface area contributed by atoms with Crippen molar-refractivity contribution in [1.82, 2.24) is 0 Å². The Kier molecular flexibility index (Phi) is 8.20. The van der Waals surface area contributed by atoms with E-state index in [2.05, 4.69) is 219 Å². The van der Waals surface area contributed by atoms with Gasteiger partial charge in [-0.05, 0) is 122 Å². The molecule has 0 atom stereocenters. The number of anilines is 3. The Hall–Kier alpha value is -7.42. The number of nitrogens with zero attached hydrogens (tertiary/aromatic N) is 1. The van der Waals surface area contributed by atoms with Crippen LogP contribution in [0, 0.1) is 0 Å². The van der Waals surface area contributed by atoms with Crippen molar-refractivity contribution < 1.29 is 4.42 Å². The van der Waals surface area contributed by atoms with E-state index in [0.717, 1.165) is 50.1 Å². The fourth-order valence-corrected chi connectivity index (χ4v) is 9.32. The predicted octanol–water partition coefficient (Wildman–Crippen LogP) is 16.0. The number of furan rings is 1. The van der Waals surface area contributed by atoms with Crippen LogP contribution in [0.25, 0.3) is 77.6 Å². The third kappa shape index (κ3) is 5.87. The lowest BCUT2D eigenvalue weighted by atomic mass is 9.80. The first-order valence-electron chi connectivity index (χ1n) is 20.4. The summed E-state index contributed by atoms with van der Waals surface area (Å²) in [4.78, 5) is 2.36. The molecule has 0 saturated heterocycles. The number of benzene rings is 9. The molecule has 1 heterocycles. The number of para-hydroxylation sites is 3. The Morgan fingerprint density at radius 2 is 0.915 bits per heavy atom. The maximum atomic E-state index is 6.48. The lowest BCUT2D eigenvalue weighted by molar-refractivity contribution is 0.661. The summed E-state index contributed by atoms with van der Waals surface area (Å²) in [6.07, 6.45) is 0. The topological polar surface area (TPSA) is 16.4 Å². The zero-order valence-electron chi connectivity index (χ0n) is 33.1. The monoisotopic (exact) mass is 755 g/mol. The highest BCUT2D eigenvalue weighted by molar-refractivity contribution is 6.09. The van der Waals surface area contributed by atoms with Crippen LogP contribution in [-0.4, -0.2) is 0 Å². The van der Waals surface area contributed by atoms with Crippen molar-refractivity contribution in [3.05, 3.63) is 223 Å². The van der Waals surface area contributed by atoms with Crippen LogP contribution in [0.5, 0.6) is 0 Å². The molecule has 2 nitrogen and oxygen atoms in total. The van der Waals surface area contributed by atoms with E-state index in [-0.39, 0.29) is 5.41 Å². The summed E-state index contributed by atoms with van der Waals surface area (Å²) < 4.78 is 6.48. The Morgan fingerprint density at radius 1 is 0.356 bits per heavy atom. The van der Waals surface area contributed by atoms with E-state index in [1.54, 1.807) is 0 Å². The zero-order valence-corrected chi connectivity index (χ0v) is 33.1. The second kappa shape index (κ2) is 13.9. The molecule has 1 aliphatic rings. The Labute approximate surface area is 345 Å². The molecule has 0 N–H and O–H groups in total. The number of rotatable bonds is 7. The van der Waals surface area contributed by atoms with Crippen molar-refractivity contribution >= 4 is 39.0 Å². The fourth-order valence-electron chi connectivity index (χ4n) is 9.32. The molecule has 0 fully saturated rings. The van der Waals surface area contributed by atoms with E-state index in [4.69, 9.17) is 4.42 Å². The van der Waals surface area contributed by atoms with Crippen molar-refractivity contribution in [2.45, 2.75) is 19.3 Å². The van der Waals surface area contributed by atoms with Crippen molar-refractivity contribution in [1.29, 1.82) is 0 Å². The van der Waals surface area contributed by atoms with Crippen LogP contribution < -0.4 is 4.90 Å². The van der Waals surface area contributed by atoms with Gasteiger partial charge in [-0.3, -0.25) is 0 Å². The molecule has 0 bridgehead atoms. The minimum Gasteiger partial charge on any atom is -0.455 e. The maximum Gasteiger partial charge on any atom is 0.143 e. The first kappa shape index (κ1) is 34.8. The molecule has 11 rings (SSSR count). The molecule has 9 aromatic carbocycles. The van der Waals surface area contributed by atoms with Crippen LogP contribution in [-0.2, 0) is 5.41 Å². The predicted molar refractivity (Wildman–Crippen MR) is 248 cm³/mol. The second-order valence-electron chi connectivity index (χ2n) is 16.1. The highest BCUT2D eigenvalue weighted by Crippen LogP contribution is 2.54. The smallest absolute Gasteiger partial charge is 0.143 e. The summed E-state index contributed by atoms with van der Waals surface area (Å²) in [5.41, 5.74) is 19.8. The van der Waals surface area contributed by atoms with Gasteiger partial charge < -0.3 is 9.32 Å². The molecular formula is C57H41NO. The van der Waals surface area contributed by atoms with Gasteiger partial charge in [0.2, 0.25) is 0 Å². The Balaban J connectivity index is 1.04. The summed E-state index contributed by atoms with van der Waals surface area (Å²) in [7, 11) is 0. The summed E-state index contributed by atoms with van der Waals surface area (Å²) in [5.74, 6) is 0. The molecule has 59 heavy (non-hydrogen) atoms. The average molecular weight is 756 g/mol. The van der Waals surface area contributed by atoms with Gasteiger partial charge >= 0.3 is 0 Å². The first-order chi connectivity index (χ1) is 29.0. The van der Waals surface area contributed by atoms with Gasteiger partial charge in [-0.1, -0.05) is 166 Å². The highest BCUT2D eigenvalue weighted by atomic mass is 16.3. The third-order valence-corrected chi connectivity index (χ3v) is 12.2. The van der Waals surface area contributed by atoms with Crippen LogP contribution in [0.15, 0.2) is 217 Å². The highest BCUT2D eigenvalue weighted by Gasteiger charge is 2.38. The second-order valence-corrected chi connectivity index (χ2v) is 16.1. The Bertz CT molecular complexity index is 3180. The van der Waals surface area contributed by atoms with Crippen molar-refractivity contribution in [3.63, 3.8) is 0 Å². The minimum absolute atomic E-state index is 0.165. The van der Waals surface area contributed by atoms with Gasteiger partial charge in [-0.25, -0.2) is 0 Å². The van der Waals surface area contributed by atoms with Gasteiger partial charge in [0, 0.05) is 38.8 Å². The van der Waals surface area contributed by atoms with E-state index in [9.17, 15) is 0 Å². The van der Waals surface area contributed by atoms with Crippen LogP contribution >= 0.6 is 0 Å². The number of fused-ring (bicyclic) bond motifs is 6. The van der Waals surface area contributed by atoms with Crippen LogP contribution in [0.2, 0.25) is 0 Å². The van der Waals surface area contributed by atoms with Gasteiger partial charge in [-0.2, -0.15) is 0 Å². The van der Waals surface area contributed by atoms with Crippen molar-refractivity contribution in [3.8, 4) is 55.6 Å². The van der Waals surface area contributed by atoms with E-state index in [1.807, 2.05) is 12.1 Å². The SMILES string of the molecule is CC1(C)c2ccc(-c3cccc(N(c4ccccc4)c4cccc(-c5cccc6c5oc5ccccc56)c4)c3)cc2-c2c(-c3ccccc3)cc(-c3ccccc3)cc21. The molecule has 0 spiro atoms. The van der Waals surface area contributed by atoms with Crippen LogP contribution in [0.4, 0.5) is 17.1 Å². The molecule has 1 aromatic heterocycles. The van der Waals surface area contributed by atoms with Gasteiger partial charge in [0.05, 0.1) is 0 Å². The molecule has 2 heteroatoms. The van der Waals surface area contributed by atoms with E-state index in [1.165, 1.54) is 55.6 Å². The summed E-state index contributed by atoms with van der Waals surface area (Å²) in [6, 6.07) is 76.8. The number of hydrogen-bond acceptors (Lipinski definition) is 2. The van der Waals surface area contributed by atoms with Crippen molar-refractivity contribution in [2.24, 2.45) is 0 Å². The fraction of sp³-hybridized carbons (Fsp3) is 0.0526. The third-order valence-electron chi connectivity index (χ3n) is 12.2. The van der Waals surface area contributed by atoms with Gasteiger partial charge in [-0.15, -0.1) is 0 Å². The quantitative estimate of drug-likeness (QED) is 0.161.